The van der Waals surface area contributed by atoms with Crippen LogP contribution >= 0.6 is 0 Å². The topological polar surface area (TPSA) is 67.5 Å². The van der Waals surface area contributed by atoms with E-state index in [9.17, 15) is 9.90 Å². The summed E-state index contributed by atoms with van der Waals surface area (Å²) in [5.74, 6) is -0.986. The van der Waals surface area contributed by atoms with E-state index in [1.54, 1.807) is 6.07 Å². The number of fused-ring (bicyclic) bond motifs is 1. The van der Waals surface area contributed by atoms with Crippen molar-refractivity contribution in [2.75, 3.05) is 0 Å². The first kappa shape index (κ1) is 12.5. The average Bonchev–Trinajstić information content (AvgIpc) is 2.70. The Balaban J connectivity index is 2.74. The molecule has 0 aliphatic heterocycles. The van der Waals surface area contributed by atoms with E-state index in [1.807, 2.05) is 33.8 Å². The molecule has 0 saturated carbocycles. The highest BCUT2D eigenvalue weighted by Gasteiger charge is 2.21. The third-order valence-electron chi connectivity index (χ3n) is 2.83. The van der Waals surface area contributed by atoms with E-state index in [1.165, 1.54) is 4.52 Å². The predicted molar refractivity (Wildman–Crippen MR) is 68.0 cm³/mol. The minimum absolute atomic E-state index is 0.129. The number of nitrogens with zero attached hydrogens (tertiary/aromatic N) is 3. The number of carbonyl (C=O) groups is 1. The third kappa shape index (κ3) is 2.08. The summed E-state index contributed by atoms with van der Waals surface area (Å²) in [5.41, 5.74) is 2.23. The first-order valence-corrected chi connectivity index (χ1v) is 5.96. The van der Waals surface area contributed by atoms with Crippen LogP contribution in [0.4, 0.5) is 0 Å². The molecule has 18 heavy (non-hydrogen) atoms. The summed E-state index contributed by atoms with van der Waals surface area (Å²) in [5, 5.41) is 13.6. The summed E-state index contributed by atoms with van der Waals surface area (Å²) in [4.78, 5) is 15.7. The number of aromatic nitrogens is 3. The number of aromatic carboxylic acids is 1. The molecule has 0 amide bonds. The standard InChI is InChI=1S/C13H17N3O2/c1-5-8-6-9(12(17)18)16-11(14-8)7-10(15-16)13(2,3)4/h6-7H,5H2,1-4H3,(H,17,18). The molecule has 0 atom stereocenters. The van der Waals surface area contributed by atoms with Gasteiger partial charge in [0.15, 0.2) is 11.3 Å². The Morgan fingerprint density at radius 3 is 2.56 bits per heavy atom. The molecule has 96 valence electrons. The number of hydrogen-bond donors (Lipinski definition) is 1. The van der Waals surface area contributed by atoms with Crippen LogP contribution in [0.5, 0.6) is 0 Å². The van der Waals surface area contributed by atoms with Gasteiger partial charge in [0.1, 0.15) is 0 Å². The lowest BCUT2D eigenvalue weighted by Gasteiger charge is -2.13. The lowest BCUT2D eigenvalue weighted by atomic mass is 9.93. The summed E-state index contributed by atoms with van der Waals surface area (Å²) in [7, 11) is 0. The van der Waals surface area contributed by atoms with E-state index in [2.05, 4.69) is 10.1 Å². The zero-order valence-corrected chi connectivity index (χ0v) is 11.1. The second-order valence-corrected chi connectivity index (χ2v) is 5.34. The SMILES string of the molecule is CCc1cc(C(=O)O)n2nc(C(C)(C)C)cc2n1. The molecule has 2 aromatic heterocycles. The molecule has 5 nitrogen and oxygen atoms in total. The fourth-order valence-corrected chi connectivity index (χ4v) is 1.73. The Hall–Kier alpha value is -1.91. The van der Waals surface area contributed by atoms with Crippen molar-refractivity contribution in [3.8, 4) is 0 Å². The van der Waals surface area contributed by atoms with Gasteiger partial charge in [-0.1, -0.05) is 27.7 Å². The molecule has 0 spiro atoms. The first-order chi connectivity index (χ1) is 8.32. The maximum absolute atomic E-state index is 11.3. The Morgan fingerprint density at radius 1 is 1.39 bits per heavy atom. The molecular formula is C13H17N3O2. The van der Waals surface area contributed by atoms with Gasteiger partial charge in [0, 0.05) is 17.2 Å². The van der Waals surface area contributed by atoms with E-state index in [4.69, 9.17) is 0 Å². The lowest BCUT2D eigenvalue weighted by Crippen LogP contribution is -2.13. The van der Waals surface area contributed by atoms with Crippen LogP contribution in [-0.4, -0.2) is 25.7 Å². The van der Waals surface area contributed by atoms with Crippen molar-refractivity contribution in [3.05, 3.63) is 29.2 Å². The third-order valence-corrected chi connectivity index (χ3v) is 2.83. The highest BCUT2D eigenvalue weighted by Crippen LogP contribution is 2.22. The fraction of sp³-hybridized carbons (Fsp3) is 0.462. The molecule has 1 N–H and O–H groups in total. The van der Waals surface area contributed by atoms with Gasteiger partial charge in [0.25, 0.3) is 0 Å². The van der Waals surface area contributed by atoms with E-state index in [-0.39, 0.29) is 11.1 Å². The summed E-state index contributed by atoms with van der Waals surface area (Å²) >= 11 is 0. The molecule has 0 aromatic carbocycles. The van der Waals surface area contributed by atoms with Gasteiger partial charge in [-0.3, -0.25) is 0 Å². The normalized spacial score (nSPS) is 12.0. The van der Waals surface area contributed by atoms with E-state index >= 15 is 0 Å². The maximum atomic E-state index is 11.3. The largest absolute Gasteiger partial charge is 0.477 e. The molecule has 0 radical (unpaired) electrons. The van der Waals surface area contributed by atoms with Crippen LogP contribution in [0.1, 0.15) is 49.6 Å². The van der Waals surface area contributed by atoms with Crippen molar-refractivity contribution >= 4 is 11.6 Å². The predicted octanol–water partition coefficient (Wildman–Crippen LogP) is 2.29. The van der Waals surface area contributed by atoms with Gasteiger partial charge in [-0.15, -0.1) is 0 Å². The number of carboxylic acids is 1. The number of carboxylic acid groups (broad SMARTS) is 1. The van der Waals surface area contributed by atoms with Gasteiger partial charge in [0.05, 0.1) is 5.69 Å². The summed E-state index contributed by atoms with van der Waals surface area (Å²) in [6, 6.07) is 3.43. The smallest absolute Gasteiger partial charge is 0.354 e. The van der Waals surface area contributed by atoms with Crippen LogP contribution in [0.25, 0.3) is 5.65 Å². The molecule has 0 unspecified atom stereocenters. The first-order valence-electron chi connectivity index (χ1n) is 5.96. The van der Waals surface area contributed by atoms with Crippen molar-refractivity contribution in [1.29, 1.82) is 0 Å². The van der Waals surface area contributed by atoms with Crippen LogP contribution < -0.4 is 0 Å². The second kappa shape index (κ2) is 4.08. The van der Waals surface area contributed by atoms with Crippen molar-refractivity contribution in [2.45, 2.75) is 39.5 Å². The molecule has 2 aromatic rings. The van der Waals surface area contributed by atoms with Crippen LogP contribution in [0, 0.1) is 0 Å². The van der Waals surface area contributed by atoms with Crippen LogP contribution in [0.2, 0.25) is 0 Å². The Labute approximate surface area is 105 Å². The van der Waals surface area contributed by atoms with Gasteiger partial charge in [-0.25, -0.2) is 14.3 Å². The van der Waals surface area contributed by atoms with Gasteiger partial charge in [0.2, 0.25) is 0 Å². The van der Waals surface area contributed by atoms with E-state index in [0.29, 0.717) is 12.1 Å². The molecular weight excluding hydrogens is 230 g/mol. The van der Waals surface area contributed by atoms with E-state index in [0.717, 1.165) is 11.4 Å². The molecule has 5 heteroatoms. The highest BCUT2D eigenvalue weighted by atomic mass is 16.4. The molecule has 0 aliphatic carbocycles. The monoisotopic (exact) mass is 247 g/mol. The Morgan fingerprint density at radius 2 is 2.06 bits per heavy atom. The van der Waals surface area contributed by atoms with E-state index < -0.39 is 5.97 Å². The fourth-order valence-electron chi connectivity index (χ4n) is 1.73. The van der Waals surface area contributed by atoms with Crippen molar-refractivity contribution in [2.24, 2.45) is 0 Å². The summed E-state index contributed by atoms with van der Waals surface area (Å²) in [6.07, 6.45) is 0.701. The van der Waals surface area contributed by atoms with Gasteiger partial charge < -0.3 is 5.11 Å². The van der Waals surface area contributed by atoms with Gasteiger partial charge >= 0.3 is 5.97 Å². The number of rotatable bonds is 2. The zero-order chi connectivity index (χ0) is 13.5. The zero-order valence-electron chi connectivity index (χ0n) is 11.1. The maximum Gasteiger partial charge on any atom is 0.354 e. The second-order valence-electron chi connectivity index (χ2n) is 5.34. The van der Waals surface area contributed by atoms with Crippen LogP contribution in [0.15, 0.2) is 12.1 Å². The molecule has 0 saturated heterocycles. The quantitative estimate of drug-likeness (QED) is 0.884. The molecule has 2 heterocycles. The minimum Gasteiger partial charge on any atom is -0.477 e. The molecule has 0 bridgehead atoms. The van der Waals surface area contributed by atoms with Gasteiger partial charge in [-0.05, 0) is 12.5 Å². The highest BCUT2D eigenvalue weighted by molar-refractivity contribution is 5.86. The Bertz CT molecular complexity index is 608. The number of aryl methyl sites for hydroxylation is 1. The minimum atomic E-state index is -0.986. The van der Waals surface area contributed by atoms with Crippen molar-refractivity contribution < 1.29 is 9.90 Å². The molecule has 0 fully saturated rings. The lowest BCUT2D eigenvalue weighted by molar-refractivity contribution is 0.0687. The van der Waals surface area contributed by atoms with Crippen molar-refractivity contribution in [3.63, 3.8) is 0 Å². The van der Waals surface area contributed by atoms with Crippen LogP contribution in [0.3, 0.4) is 0 Å². The van der Waals surface area contributed by atoms with Crippen LogP contribution in [-0.2, 0) is 11.8 Å². The van der Waals surface area contributed by atoms with Crippen molar-refractivity contribution in [1.82, 2.24) is 14.6 Å². The van der Waals surface area contributed by atoms with Gasteiger partial charge in [-0.2, -0.15) is 5.10 Å². The summed E-state index contributed by atoms with van der Waals surface area (Å²) in [6.45, 7) is 8.06. The number of hydrogen-bond acceptors (Lipinski definition) is 3. The average molecular weight is 247 g/mol. The molecule has 2 rings (SSSR count). The molecule has 0 aliphatic rings. The summed E-state index contributed by atoms with van der Waals surface area (Å²) < 4.78 is 1.40. The Kier molecular flexibility index (Phi) is 2.84.